The van der Waals surface area contributed by atoms with Gasteiger partial charge in [-0.3, -0.25) is 9.69 Å². The van der Waals surface area contributed by atoms with Crippen LogP contribution < -0.4 is 0 Å². The van der Waals surface area contributed by atoms with Crippen LogP contribution in [0.25, 0.3) is 0 Å². The minimum Gasteiger partial charge on any atom is -0.299 e. The number of ketones is 1. The lowest BCUT2D eigenvalue weighted by Crippen LogP contribution is -2.47. The predicted molar refractivity (Wildman–Crippen MR) is 69.8 cm³/mol. The average molecular weight is 231 g/mol. The second-order valence-electron chi connectivity index (χ2n) is 5.07. The molecule has 2 rings (SSSR count). The van der Waals surface area contributed by atoms with Crippen molar-refractivity contribution in [2.45, 2.75) is 39.3 Å². The zero-order valence-corrected chi connectivity index (χ0v) is 10.9. The predicted octanol–water partition coefficient (Wildman–Crippen LogP) is 3.05. The molecule has 0 spiro atoms. The summed E-state index contributed by atoms with van der Waals surface area (Å²) < 4.78 is 0. The van der Waals surface area contributed by atoms with Gasteiger partial charge < -0.3 is 0 Å². The minimum atomic E-state index is 0.162. The molecule has 1 heterocycles. The van der Waals surface area contributed by atoms with Crippen molar-refractivity contribution in [2.24, 2.45) is 5.92 Å². The Morgan fingerprint density at radius 3 is 2.53 bits per heavy atom. The molecule has 1 aromatic rings. The van der Waals surface area contributed by atoms with Gasteiger partial charge in [0, 0.05) is 31.0 Å². The van der Waals surface area contributed by atoms with Gasteiger partial charge in [-0.05, 0) is 19.4 Å². The van der Waals surface area contributed by atoms with Crippen LogP contribution in [0, 0.1) is 5.92 Å². The van der Waals surface area contributed by atoms with Crippen molar-refractivity contribution in [1.82, 2.24) is 4.90 Å². The Morgan fingerprint density at radius 1 is 1.24 bits per heavy atom. The Balaban J connectivity index is 2.15. The third-order valence-corrected chi connectivity index (χ3v) is 4.15. The van der Waals surface area contributed by atoms with Gasteiger partial charge in [0.25, 0.3) is 0 Å². The first-order valence-electron chi connectivity index (χ1n) is 6.44. The Morgan fingerprint density at radius 2 is 1.88 bits per heavy atom. The Hall–Kier alpha value is -1.15. The topological polar surface area (TPSA) is 20.3 Å². The first-order valence-corrected chi connectivity index (χ1v) is 6.44. The molecule has 1 aliphatic rings. The molecule has 1 aromatic carbocycles. The van der Waals surface area contributed by atoms with Crippen LogP contribution in [0.4, 0.5) is 0 Å². The summed E-state index contributed by atoms with van der Waals surface area (Å²) in [5.74, 6) is 0.573. The molecule has 0 aromatic heterocycles. The number of Topliss-reactive ketones (excluding diaryl/α,β-unsaturated/α-hetero) is 1. The monoisotopic (exact) mass is 231 g/mol. The van der Waals surface area contributed by atoms with E-state index >= 15 is 0 Å². The molecule has 0 amide bonds. The molecule has 1 fully saturated rings. The molecular formula is C15H21NO. The molecule has 0 aliphatic carbocycles. The zero-order chi connectivity index (χ0) is 12.4. The highest BCUT2D eigenvalue weighted by Crippen LogP contribution is 2.29. The van der Waals surface area contributed by atoms with Crippen molar-refractivity contribution in [2.75, 3.05) is 6.54 Å². The minimum absolute atomic E-state index is 0.162. The maximum atomic E-state index is 11.7. The summed E-state index contributed by atoms with van der Waals surface area (Å²) in [6.07, 6.45) is 0.697. The maximum Gasteiger partial charge on any atom is 0.138 e. The summed E-state index contributed by atoms with van der Waals surface area (Å²) in [5, 5.41) is 0. The van der Waals surface area contributed by atoms with Gasteiger partial charge in [-0.1, -0.05) is 37.3 Å². The largest absolute Gasteiger partial charge is 0.299 e. The van der Waals surface area contributed by atoms with Crippen molar-refractivity contribution < 1.29 is 4.79 Å². The average Bonchev–Trinajstić information content (AvgIpc) is 2.36. The van der Waals surface area contributed by atoms with E-state index < -0.39 is 0 Å². The highest BCUT2D eigenvalue weighted by Gasteiger charge is 2.33. The van der Waals surface area contributed by atoms with Gasteiger partial charge >= 0.3 is 0 Å². The molecule has 2 nitrogen and oxygen atoms in total. The summed E-state index contributed by atoms with van der Waals surface area (Å²) in [4.78, 5) is 14.1. The lowest BCUT2D eigenvalue weighted by atomic mass is 9.88. The molecule has 3 atom stereocenters. The summed E-state index contributed by atoms with van der Waals surface area (Å²) in [6.45, 7) is 7.34. The highest BCUT2D eigenvalue weighted by molar-refractivity contribution is 5.82. The van der Waals surface area contributed by atoms with Crippen LogP contribution >= 0.6 is 0 Å². The van der Waals surface area contributed by atoms with Crippen molar-refractivity contribution >= 4 is 5.78 Å². The van der Waals surface area contributed by atoms with Crippen molar-refractivity contribution in [3.05, 3.63) is 35.9 Å². The fraction of sp³-hybridized carbons (Fsp3) is 0.533. The number of nitrogens with zero attached hydrogens (tertiary/aromatic N) is 1. The zero-order valence-electron chi connectivity index (χ0n) is 10.9. The number of piperidine rings is 1. The van der Waals surface area contributed by atoms with Gasteiger partial charge in [-0.15, -0.1) is 0 Å². The van der Waals surface area contributed by atoms with Crippen LogP contribution in [-0.2, 0) is 4.79 Å². The van der Waals surface area contributed by atoms with E-state index in [0.29, 0.717) is 24.3 Å². The number of benzene rings is 1. The molecule has 2 heteroatoms. The van der Waals surface area contributed by atoms with Gasteiger partial charge in [-0.25, -0.2) is 0 Å². The number of likely N-dealkylation sites (tertiary alicyclic amines) is 1. The van der Waals surface area contributed by atoms with Crippen LogP contribution in [0.2, 0.25) is 0 Å². The van der Waals surface area contributed by atoms with Crippen LogP contribution in [0.5, 0.6) is 0 Å². The number of carbonyl (C=O) groups is 1. The van der Waals surface area contributed by atoms with Gasteiger partial charge in [0.15, 0.2) is 0 Å². The van der Waals surface area contributed by atoms with Crippen LogP contribution in [0.1, 0.15) is 38.8 Å². The van der Waals surface area contributed by atoms with E-state index in [1.807, 2.05) is 6.07 Å². The quantitative estimate of drug-likeness (QED) is 0.779. The normalized spacial score (nSPS) is 28.1. The molecule has 0 saturated carbocycles. The summed E-state index contributed by atoms with van der Waals surface area (Å²) in [6, 6.07) is 11.3. The maximum absolute atomic E-state index is 11.7. The molecule has 1 aliphatic heterocycles. The van der Waals surface area contributed by atoms with Crippen molar-refractivity contribution in [3.8, 4) is 0 Å². The second kappa shape index (κ2) is 5.01. The molecule has 0 radical (unpaired) electrons. The molecule has 17 heavy (non-hydrogen) atoms. The molecular weight excluding hydrogens is 210 g/mol. The Bertz CT molecular complexity index is 387. The fourth-order valence-corrected chi connectivity index (χ4v) is 2.70. The highest BCUT2D eigenvalue weighted by atomic mass is 16.1. The van der Waals surface area contributed by atoms with Crippen molar-refractivity contribution in [3.63, 3.8) is 0 Å². The molecule has 92 valence electrons. The third kappa shape index (κ3) is 2.42. The van der Waals surface area contributed by atoms with Gasteiger partial charge in [0.05, 0.1) is 0 Å². The lowest BCUT2D eigenvalue weighted by Gasteiger charge is -2.41. The van der Waals surface area contributed by atoms with E-state index in [0.717, 1.165) is 6.54 Å². The third-order valence-electron chi connectivity index (χ3n) is 4.15. The summed E-state index contributed by atoms with van der Waals surface area (Å²) >= 11 is 0. The molecule has 0 N–H and O–H groups in total. The second-order valence-corrected chi connectivity index (χ2v) is 5.07. The lowest BCUT2D eigenvalue weighted by molar-refractivity contribution is -0.128. The van der Waals surface area contributed by atoms with Crippen LogP contribution in [-0.4, -0.2) is 23.3 Å². The van der Waals surface area contributed by atoms with E-state index in [2.05, 4.69) is 49.9 Å². The Kier molecular flexibility index (Phi) is 3.63. The molecule has 1 saturated heterocycles. The SMILES string of the molecule is CC1C(=O)CCN(C(C)c2ccccc2)C1C. The first-order chi connectivity index (χ1) is 8.11. The van der Waals surface area contributed by atoms with Crippen molar-refractivity contribution in [1.29, 1.82) is 0 Å². The van der Waals surface area contributed by atoms with E-state index in [9.17, 15) is 4.79 Å². The first kappa shape index (κ1) is 12.3. The molecule has 3 unspecified atom stereocenters. The summed E-state index contributed by atoms with van der Waals surface area (Å²) in [5.41, 5.74) is 1.33. The number of carbonyl (C=O) groups excluding carboxylic acids is 1. The van der Waals surface area contributed by atoms with Crippen LogP contribution in [0.3, 0.4) is 0 Å². The fourth-order valence-electron chi connectivity index (χ4n) is 2.70. The molecule has 0 bridgehead atoms. The van der Waals surface area contributed by atoms with E-state index in [-0.39, 0.29) is 5.92 Å². The van der Waals surface area contributed by atoms with Crippen LogP contribution in [0.15, 0.2) is 30.3 Å². The van der Waals surface area contributed by atoms with E-state index in [4.69, 9.17) is 0 Å². The number of rotatable bonds is 2. The number of hydrogen-bond acceptors (Lipinski definition) is 2. The van der Waals surface area contributed by atoms with Gasteiger partial charge in [0.1, 0.15) is 5.78 Å². The standard InChI is InChI=1S/C15H21NO/c1-11-12(2)16(10-9-15(11)17)13(3)14-7-5-4-6-8-14/h4-8,11-13H,9-10H2,1-3H3. The summed E-state index contributed by atoms with van der Waals surface area (Å²) in [7, 11) is 0. The Labute approximate surface area is 104 Å². The van der Waals surface area contributed by atoms with E-state index in [1.54, 1.807) is 0 Å². The van der Waals surface area contributed by atoms with Gasteiger partial charge in [-0.2, -0.15) is 0 Å². The smallest absolute Gasteiger partial charge is 0.138 e. The van der Waals surface area contributed by atoms with E-state index in [1.165, 1.54) is 5.56 Å². The number of hydrogen-bond donors (Lipinski definition) is 0. The van der Waals surface area contributed by atoms with Gasteiger partial charge in [0.2, 0.25) is 0 Å².